The van der Waals surface area contributed by atoms with Crippen molar-refractivity contribution in [2.45, 2.75) is 37.4 Å². The number of hydrogen-bond donors (Lipinski definition) is 0. The highest BCUT2D eigenvalue weighted by Crippen LogP contribution is 2.38. The van der Waals surface area contributed by atoms with Crippen molar-refractivity contribution in [3.05, 3.63) is 36.2 Å². The predicted molar refractivity (Wildman–Crippen MR) is 90.1 cm³/mol. The number of halogens is 3. The van der Waals surface area contributed by atoms with E-state index in [1.807, 2.05) is 18.0 Å². The summed E-state index contributed by atoms with van der Waals surface area (Å²) in [5, 5.41) is 0. The van der Waals surface area contributed by atoms with E-state index in [1.54, 1.807) is 6.20 Å². The Hall–Kier alpha value is -2.45. The van der Waals surface area contributed by atoms with Crippen LogP contribution in [0.15, 0.2) is 24.7 Å². The fourth-order valence-corrected chi connectivity index (χ4v) is 3.23. The maximum Gasteiger partial charge on any atom is 0.433 e. The molecule has 1 saturated heterocycles. The van der Waals surface area contributed by atoms with Crippen molar-refractivity contribution >= 4 is 11.6 Å². The predicted octanol–water partition coefficient (Wildman–Crippen LogP) is 2.88. The van der Waals surface area contributed by atoms with Gasteiger partial charge in [0.25, 0.3) is 0 Å². The lowest BCUT2D eigenvalue weighted by atomic mass is 10.2. The first-order valence-corrected chi connectivity index (χ1v) is 8.62. The summed E-state index contributed by atoms with van der Waals surface area (Å²) in [5.74, 6) is 2.53. The van der Waals surface area contributed by atoms with E-state index < -0.39 is 11.9 Å². The lowest BCUT2D eigenvalue weighted by Gasteiger charge is -2.26. The molecule has 26 heavy (non-hydrogen) atoms. The Morgan fingerprint density at radius 2 is 1.96 bits per heavy atom. The van der Waals surface area contributed by atoms with E-state index >= 15 is 0 Å². The average Bonchev–Trinajstić information content (AvgIpc) is 3.37. The third-order valence-electron chi connectivity index (χ3n) is 4.94. The zero-order valence-electron chi connectivity index (χ0n) is 14.3. The Kier molecular flexibility index (Phi) is 4.16. The van der Waals surface area contributed by atoms with E-state index in [-0.39, 0.29) is 6.04 Å². The van der Waals surface area contributed by atoms with Crippen LogP contribution in [0.1, 0.15) is 36.7 Å². The van der Waals surface area contributed by atoms with Crippen LogP contribution < -0.4 is 9.80 Å². The fourth-order valence-electron chi connectivity index (χ4n) is 3.23. The van der Waals surface area contributed by atoms with Gasteiger partial charge in [-0.15, -0.1) is 0 Å². The van der Waals surface area contributed by atoms with Gasteiger partial charge in [0.05, 0.1) is 0 Å². The molecule has 0 radical (unpaired) electrons. The summed E-state index contributed by atoms with van der Waals surface area (Å²) in [5.41, 5.74) is -0.913. The number of aromatic nitrogens is 4. The molecule has 2 aromatic rings. The number of rotatable bonds is 4. The van der Waals surface area contributed by atoms with Gasteiger partial charge in [0.15, 0.2) is 0 Å². The second-order valence-corrected chi connectivity index (χ2v) is 6.81. The van der Waals surface area contributed by atoms with Crippen LogP contribution in [0.25, 0.3) is 0 Å². The molecule has 0 spiro atoms. The van der Waals surface area contributed by atoms with Gasteiger partial charge in [0.1, 0.15) is 29.5 Å². The zero-order valence-corrected chi connectivity index (χ0v) is 14.3. The number of hydrogen-bond acceptors (Lipinski definition) is 6. The Labute approximate surface area is 149 Å². The average molecular weight is 364 g/mol. The first-order chi connectivity index (χ1) is 12.4. The first-order valence-electron chi connectivity index (χ1n) is 8.62. The normalized spacial score (nSPS) is 20.5. The largest absolute Gasteiger partial charge is 0.433 e. The van der Waals surface area contributed by atoms with E-state index in [4.69, 9.17) is 0 Å². The molecule has 0 aromatic carbocycles. The van der Waals surface area contributed by atoms with Crippen molar-refractivity contribution in [2.24, 2.45) is 0 Å². The van der Waals surface area contributed by atoms with Gasteiger partial charge >= 0.3 is 6.18 Å². The van der Waals surface area contributed by atoms with E-state index in [2.05, 4.69) is 24.8 Å². The molecule has 4 rings (SSSR count). The topological polar surface area (TPSA) is 58.0 Å². The molecule has 1 saturated carbocycles. The van der Waals surface area contributed by atoms with Crippen LogP contribution in [0.3, 0.4) is 0 Å². The first kappa shape index (κ1) is 17.0. The maximum atomic E-state index is 12.9. The van der Waals surface area contributed by atoms with Crippen molar-refractivity contribution < 1.29 is 13.2 Å². The smallest absolute Gasteiger partial charge is 0.355 e. The summed E-state index contributed by atoms with van der Waals surface area (Å²) in [6.45, 7) is 1.23. The zero-order chi connectivity index (χ0) is 18.3. The molecule has 2 fully saturated rings. The molecule has 9 heteroatoms. The Morgan fingerprint density at radius 1 is 1.15 bits per heavy atom. The summed E-state index contributed by atoms with van der Waals surface area (Å²) in [6, 6.07) is 3.04. The molecule has 1 atom stereocenters. The number of anilines is 2. The summed E-state index contributed by atoms with van der Waals surface area (Å²) in [6.07, 6.45) is 1.39. The van der Waals surface area contributed by atoms with Gasteiger partial charge in [-0.1, -0.05) is 0 Å². The fraction of sp³-hybridized carbons (Fsp3) is 0.529. The van der Waals surface area contributed by atoms with E-state index in [9.17, 15) is 13.2 Å². The van der Waals surface area contributed by atoms with Gasteiger partial charge in [-0.2, -0.15) is 13.2 Å². The second kappa shape index (κ2) is 6.37. The van der Waals surface area contributed by atoms with Gasteiger partial charge in [-0.3, -0.25) is 0 Å². The van der Waals surface area contributed by atoms with E-state index in [0.29, 0.717) is 24.8 Å². The van der Waals surface area contributed by atoms with Crippen molar-refractivity contribution in [3.63, 3.8) is 0 Å². The van der Waals surface area contributed by atoms with Crippen molar-refractivity contribution in [1.29, 1.82) is 0 Å². The minimum atomic E-state index is -4.46. The van der Waals surface area contributed by atoms with Crippen LogP contribution in [0.2, 0.25) is 0 Å². The third-order valence-corrected chi connectivity index (χ3v) is 4.94. The van der Waals surface area contributed by atoms with Gasteiger partial charge in [-0.25, -0.2) is 19.9 Å². The SMILES string of the molecule is CN(c1ccnc(C2CC2)n1)C1CCN(c2cc(C(F)(F)F)ncn2)C1. The molecule has 138 valence electrons. The standard InChI is InChI=1S/C17H19F3N6/c1-25(14-4-6-21-16(24-14)11-2-3-11)12-5-7-26(9-12)15-8-13(17(18,19)20)22-10-23-15/h4,6,8,10-12H,2-3,5,7,9H2,1H3. The highest BCUT2D eigenvalue weighted by Gasteiger charge is 2.34. The maximum absolute atomic E-state index is 12.9. The monoisotopic (exact) mass is 364 g/mol. The molecular weight excluding hydrogens is 345 g/mol. The minimum absolute atomic E-state index is 0.154. The Balaban J connectivity index is 1.47. The molecule has 0 N–H and O–H groups in total. The summed E-state index contributed by atoms with van der Waals surface area (Å²) in [4.78, 5) is 20.3. The van der Waals surface area contributed by atoms with E-state index in [0.717, 1.165) is 43.3 Å². The van der Waals surface area contributed by atoms with E-state index in [1.165, 1.54) is 0 Å². The van der Waals surface area contributed by atoms with Crippen LogP contribution in [0.4, 0.5) is 24.8 Å². The molecule has 1 aliphatic heterocycles. The number of alkyl halides is 3. The summed E-state index contributed by atoms with van der Waals surface area (Å²) < 4.78 is 38.6. The lowest BCUT2D eigenvalue weighted by molar-refractivity contribution is -0.141. The van der Waals surface area contributed by atoms with Gasteiger partial charge in [-0.05, 0) is 25.3 Å². The Morgan fingerprint density at radius 3 is 2.69 bits per heavy atom. The summed E-state index contributed by atoms with van der Waals surface area (Å²) >= 11 is 0. The quantitative estimate of drug-likeness (QED) is 0.832. The molecule has 2 aliphatic rings. The van der Waals surface area contributed by atoms with Crippen LogP contribution in [-0.2, 0) is 6.18 Å². The van der Waals surface area contributed by atoms with Crippen LogP contribution in [0, 0.1) is 0 Å². The highest BCUT2D eigenvalue weighted by molar-refractivity contribution is 5.45. The highest BCUT2D eigenvalue weighted by atomic mass is 19.4. The molecule has 6 nitrogen and oxygen atoms in total. The van der Waals surface area contributed by atoms with Crippen molar-refractivity contribution in [2.75, 3.05) is 29.9 Å². The second-order valence-electron chi connectivity index (χ2n) is 6.81. The van der Waals surface area contributed by atoms with Crippen LogP contribution >= 0.6 is 0 Å². The van der Waals surface area contributed by atoms with Gasteiger partial charge in [0, 0.05) is 44.4 Å². The molecule has 3 heterocycles. The molecular formula is C17H19F3N6. The third kappa shape index (κ3) is 3.42. The molecule has 0 bridgehead atoms. The molecule has 1 unspecified atom stereocenters. The molecule has 2 aromatic heterocycles. The van der Waals surface area contributed by atoms with Crippen molar-refractivity contribution in [3.8, 4) is 0 Å². The Bertz CT molecular complexity index is 792. The van der Waals surface area contributed by atoms with Crippen LogP contribution in [0.5, 0.6) is 0 Å². The number of likely N-dealkylation sites (N-methyl/N-ethyl adjacent to an activating group) is 1. The number of nitrogens with zero attached hydrogens (tertiary/aromatic N) is 6. The lowest BCUT2D eigenvalue weighted by Crippen LogP contribution is -2.35. The minimum Gasteiger partial charge on any atom is -0.355 e. The molecule has 1 aliphatic carbocycles. The summed E-state index contributed by atoms with van der Waals surface area (Å²) in [7, 11) is 1.97. The van der Waals surface area contributed by atoms with Crippen LogP contribution in [-0.4, -0.2) is 46.1 Å². The van der Waals surface area contributed by atoms with Gasteiger partial charge < -0.3 is 9.80 Å². The van der Waals surface area contributed by atoms with Gasteiger partial charge in [0.2, 0.25) is 0 Å². The molecule has 0 amide bonds. The van der Waals surface area contributed by atoms with Crippen molar-refractivity contribution in [1.82, 2.24) is 19.9 Å².